The number of ether oxygens (including phenoxy) is 1. The van der Waals surface area contributed by atoms with Gasteiger partial charge in [-0.15, -0.1) is 11.3 Å². The summed E-state index contributed by atoms with van der Waals surface area (Å²) in [5.41, 5.74) is 4.66. The molecular formula is C16H19N5O6S. The van der Waals surface area contributed by atoms with Crippen LogP contribution >= 0.6 is 11.3 Å². The number of aryl methyl sites for hydroxylation is 1. The number of hydrogen-bond donors (Lipinski definition) is 2. The first-order valence-corrected chi connectivity index (χ1v) is 9.05. The highest BCUT2D eigenvalue weighted by Crippen LogP contribution is 2.34. The van der Waals surface area contributed by atoms with Gasteiger partial charge in [0.05, 0.1) is 21.5 Å². The molecule has 12 heteroatoms. The van der Waals surface area contributed by atoms with Gasteiger partial charge in [0.2, 0.25) is 5.69 Å². The highest BCUT2D eigenvalue weighted by Gasteiger charge is 2.30. The number of amides is 2. The van der Waals surface area contributed by atoms with Crippen LogP contribution < -0.4 is 11.1 Å². The molecule has 0 aliphatic carbocycles. The lowest BCUT2D eigenvalue weighted by Crippen LogP contribution is -2.18. The third-order valence-corrected chi connectivity index (χ3v) is 4.84. The van der Waals surface area contributed by atoms with E-state index in [9.17, 15) is 24.5 Å². The lowest BCUT2D eigenvalue weighted by Gasteiger charge is -2.10. The van der Waals surface area contributed by atoms with Crippen LogP contribution in [-0.2, 0) is 11.3 Å². The fourth-order valence-electron chi connectivity index (χ4n) is 2.39. The number of thiophene rings is 1. The van der Waals surface area contributed by atoms with Crippen LogP contribution in [0.1, 0.15) is 56.9 Å². The van der Waals surface area contributed by atoms with Gasteiger partial charge < -0.3 is 15.8 Å². The van der Waals surface area contributed by atoms with Crippen LogP contribution in [0.4, 0.5) is 10.7 Å². The van der Waals surface area contributed by atoms with Gasteiger partial charge in [-0.1, -0.05) is 0 Å². The first kappa shape index (κ1) is 21.0. The van der Waals surface area contributed by atoms with Crippen LogP contribution in [0.15, 0.2) is 6.20 Å². The van der Waals surface area contributed by atoms with Gasteiger partial charge in [-0.25, -0.2) is 4.79 Å². The lowest BCUT2D eigenvalue weighted by atomic mass is 10.1. The van der Waals surface area contributed by atoms with E-state index in [-0.39, 0.29) is 21.0 Å². The number of nitro groups is 1. The Labute approximate surface area is 163 Å². The van der Waals surface area contributed by atoms with Crippen LogP contribution in [0.2, 0.25) is 0 Å². The molecule has 0 aliphatic rings. The van der Waals surface area contributed by atoms with E-state index in [1.165, 1.54) is 11.6 Å². The van der Waals surface area contributed by atoms with Gasteiger partial charge in [0.25, 0.3) is 11.8 Å². The van der Waals surface area contributed by atoms with E-state index in [1.54, 1.807) is 20.8 Å². The van der Waals surface area contributed by atoms with E-state index < -0.39 is 40.2 Å². The third-order valence-electron chi connectivity index (χ3n) is 3.62. The van der Waals surface area contributed by atoms with Crippen LogP contribution in [0, 0.1) is 17.0 Å². The van der Waals surface area contributed by atoms with E-state index in [2.05, 4.69) is 10.4 Å². The Morgan fingerprint density at radius 3 is 2.57 bits per heavy atom. The number of aromatic nitrogens is 2. The second-order valence-corrected chi connectivity index (χ2v) is 7.03. The summed E-state index contributed by atoms with van der Waals surface area (Å²) in [4.78, 5) is 47.2. The van der Waals surface area contributed by atoms with Gasteiger partial charge in [0.1, 0.15) is 11.2 Å². The number of hydrogen-bond acceptors (Lipinski definition) is 8. The minimum atomic E-state index is -0.894. The number of nitrogens with zero attached hydrogens (tertiary/aromatic N) is 3. The Bertz CT molecular complexity index is 961. The molecule has 2 heterocycles. The third kappa shape index (κ3) is 4.17. The number of nitrogens with one attached hydrogen (secondary N) is 1. The zero-order valence-corrected chi connectivity index (χ0v) is 16.5. The molecule has 2 aromatic heterocycles. The van der Waals surface area contributed by atoms with Gasteiger partial charge in [0.15, 0.2) is 0 Å². The Kier molecular flexibility index (Phi) is 6.13. The summed E-state index contributed by atoms with van der Waals surface area (Å²) in [7, 11) is 0. The average Bonchev–Trinajstić information content (AvgIpc) is 3.15. The normalized spacial score (nSPS) is 10.8. The van der Waals surface area contributed by atoms with Crippen LogP contribution in [0.25, 0.3) is 0 Å². The number of nitrogens with two attached hydrogens (primary N) is 1. The maximum absolute atomic E-state index is 12.6. The standard InChI is InChI=1S/C16H19N5O6S/c1-5-20-6-9(21(25)26)11(19-20)14(23)18-15-10(16(24)27-7(2)3)8(4)12(28-15)13(17)22/h6-7H,5H2,1-4H3,(H2,17,22)(H,18,23). The number of carbonyl (C=O) groups is 3. The highest BCUT2D eigenvalue weighted by atomic mass is 32.1. The summed E-state index contributed by atoms with van der Waals surface area (Å²) >= 11 is 0.788. The minimum absolute atomic E-state index is 0.00213. The van der Waals surface area contributed by atoms with Crippen molar-refractivity contribution in [2.75, 3.05) is 5.32 Å². The maximum atomic E-state index is 12.6. The van der Waals surface area contributed by atoms with Crippen molar-refractivity contribution in [2.24, 2.45) is 5.73 Å². The molecule has 0 radical (unpaired) electrons. The van der Waals surface area contributed by atoms with Crippen molar-refractivity contribution < 1.29 is 24.0 Å². The van der Waals surface area contributed by atoms with Crippen molar-refractivity contribution in [3.05, 3.63) is 38.0 Å². The van der Waals surface area contributed by atoms with E-state index in [0.29, 0.717) is 6.54 Å². The predicted molar refractivity (Wildman–Crippen MR) is 101 cm³/mol. The second-order valence-electron chi connectivity index (χ2n) is 6.01. The molecule has 0 spiro atoms. The molecule has 11 nitrogen and oxygen atoms in total. The van der Waals surface area contributed by atoms with Crippen molar-refractivity contribution in [2.45, 2.75) is 40.3 Å². The van der Waals surface area contributed by atoms with Crippen molar-refractivity contribution in [1.82, 2.24) is 9.78 Å². The Morgan fingerprint density at radius 1 is 1.43 bits per heavy atom. The first-order chi connectivity index (χ1) is 13.1. The Balaban J connectivity index is 2.48. The first-order valence-electron chi connectivity index (χ1n) is 8.24. The molecule has 2 rings (SSSR count). The molecule has 0 bridgehead atoms. The molecule has 3 N–H and O–H groups in total. The summed E-state index contributed by atoms with van der Waals surface area (Å²) in [5, 5.41) is 17.5. The second kappa shape index (κ2) is 8.17. The van der Waals surface area contributed by atoms with Gasteiger partial charge in [0, 0.05) is 6.54 Å². The fraction of sp³-hybridized carbons (Fsp3) is 0.375. The van der Waals surface area contributed by atoms with Crippen LogP contribution in [-0.4, -0.2) is 38.6 Å². The van der Waals surface area contributed by atoms with Crippen LogP contribution in [0.5, 0.6) is 0 Å². The van der Waals surface area contributed by atoms with E-state index >= 15 is 0 Å². The molecule has 0 saturated heterocycles. The van der Waals surface area contributed by atoms with Gasteiger partial charge >= 0.3 is 11.7 Å². The molecule has 0 aromatic carbocycles. The molecular weight excluding hydrogens is 390 g/mol. The predicted octanol–water partition coefficient (Wildman–Crippen LogP) is 2.10. The van der Waals surface area contributed by atoms with Gasteiger partial charge in [-0.3, -0.25) is 24.4 Å². The van der Waals surface area contributed by atoms with Crippen LogP contribution in [0.3, 0.4) is 0 Å². The van der Waals surface area contributed by atoms with Crippen molar-refractivity contribution >= 4 is 39.8 Å². The molecule has 0 saturated carbocycles. The van der Waals surface area contributed by atoms with Crippen molar-refractivity contribution in [1.29, 1.82) is 0 Å². The molecule has 28 heavy (non-hydrogen) atoms. The summed E-state index contributed by atoms with van der Waals surface area (Å²) in [6, 6.07) is 0. The average molecular weight is 409 g/mol. The summed E-state index contributed by atoms with van der Waals surface area (Å²) < 4.78 is 6.40. The zero-order chi connectivity index (χ0) is 21.2. The van der Waals surface area contributed by atoms with Gasteiger partial charge in [-0.2, -0.15) is 5.10 Å². The molecule has 0 aliphatic heterocycles. The topological polar surface area (TPSA) is 159 Å². The number of esters is 1. The van der Waals surface area contributed by atoms with Crippen molar-refractivity contribution in [3.63, 3.8) is 0 Å². The fourth-order valence-corrected chi connectivity index (χ4v) is 3.43. The van der Waals surface area contributed by atoms with E-state index in [4.69, 9.17) is 10.5 Å². The number of carbonyl (C=O) groups excluding carboxylic acids is 3. The number of anilines is 1. The SMILES string of the molecule is CCn1cc([N+](=O)[O-])c(C(=O)Nc2sc(C(N)=O)c(C)c2C(=O)OC(C)C)n1. The van der Waals surface area contributed by atoms with E-state index in [0.717, 1.165) is 17.5 Å². The monoisotopic (exact) mass is 409 g/mol. The highest BCUT2D eigenvalue weighted by molar-refractivity contribution is 7.18. The van der Waals surface area contributed by atoms with Crippen molar-refractivity contribution in [3.8, 4) is 0 Å². The molecule has 0 unspecified atom stereocenters. The number of primary amides is 1. The minimum Gasteiger partial charge on any atom is -0.459 e. The van der Waals surface area contributed by atoms with Gasteiger partial charge in [-0.05, 0) is 33.3 Å². The lowest BCUT2D eigenvalue weighted by molar-refractivity contribution is -0.385. The zero-order valence-electron chi connectivity index (χ0n) is 15.6. The molecule has 150 valence electrons. The molecule has 0 atom stereocenters. The molecule has 2 amide bonds. The summed E-state index contributed by atoms with van der Waals surface area (Å²) in [5.74, 6) is -2.42. The summed E-state index contributed by atoms with van der Waals surface area (Å²) in [6.07, 6.45) is 0.700. The largest absolute Gasteiger partial charge is 0.459 e. The molecule has 0 fully saturated rings. The smallest absolute Gasteiger partial charge is 0.341 e. The summed E-state index contributed by atoms with van der Waals surface area (Å²) in [6.45, 7) is 6.82. The van der Waals surface area contributed by atoms with E-state index in [1.807, 2.05) is 0 Å². The Morgan fingerprint density at radius 2 is 2.07 bits per heavy atom. The quantitative estimate of drug-likeness (QED) is 0.402. The maximum Gasteiger partial charge on any atom is 0.341 e. The number of rotatable bonds is 7. The molecule has 2 aromatic rings. The Hall–Kier alpha value is -3.28.